The molecule has 19 heavy (non-hydrogen) atoms. The molecule has 0 amide bonds. The molecule has 0 aliphatic carbocycles. The molecule has 1 heterocycles. The quantitative estimate of drug-likeness (QED) is 0.842. The molecule has 102 valence electrons. The fourth-order valence-corrected chi connectivity index (χ4v) is 2.69. The van der Waals surface area contributed by atoms with Gasteiger partial charge in [0.05, 0.1) is 17.2 Å². The molecule has 3 heteroatoms. The van der Waals surface area contributed by atoms with E-state index in [1.54, 1.807) is 12.1 Å². The largest absolute Gasteiger partial charge is 0.385 e. The van der Waals surface area contributed by atoms with Crippen molar-refractivity contribution in [3.63, 3.8) is 0 Å². The van der Waals surface area contributed by atoms with Gasteiger partial charge in [0.25, 0.3) is 0 Å². The maximum Gasteiger partial charge on any atom is 0.0991 e. The first kappa shape index (κ1) is 14.0. The van der Waals surface area contributed by atoms with Crippen LogP contribution >= 0.6 is 0 Å². The SMILES string of the molecule is CC(C)(C)N1CCC(O)(c2ccc(C#N)cc2)CC1. The topological polar surface area (TPSA) is 47.3 Å². The van der Waals surface area contributed by atoms with E-state index in [9.17, 15) is 5.11 Å². The Hall–Kier alpha value is -1.37. The number of nitrogens with zero attached hydrogens (tertiary/aromatic N) is 2. The van der Waals surface area contributed by atoms with E-state index in [2.05, 4.69) is 31.7 Å². The van der Waals surface area contributed by atoms with Crippen molar-refractivity contribution in [2.24, 2.45) is 0 Å². The van der Waals surface area contributed by atoms with Gasteiger partial charge in [-0.25, -0.2) is 0 Å². The lowest BCUT2D eigenvalue weighted by Crippen LogP contribution is -2.50. The van der Waals surface area contributed by atoms with Gasteiger partial charge >= 0.3 is 0 Å². The summed E-state index contributed by atoms with van der Waals surface area (Å²) in [6.45, 7) is 8.43. The van der Waals surface area contributed by atoms with Crippen molar-refractivity contribution in [1.29, 1.82) is 5.26 Å². The van der Waals surface area contributed by atoms with Gasteiger partial charge in [-0.05, 0) is 51.3 Å². The summed E-state index contributed by atoms with van der Waals surface area (Å²) in [5, 5.41) is 19.6. The van der Waals surface area contributed by atoms with Crippen molar-refractivity contribution in [1.82, 2.24) is 4.90 Å². The van der Waals surface area contributed by atoms with Gasteiger partial charge in [-0.1, -0.05) is 12.1 Å². The van der Waals surface area contributed by atoms with E-state index < -0.39 is 5.60 Å². The summed E-state index contributed by atoms with van der Waals surface area (Å²) in [4.78, 5) is 2.41. The number of aliphatic hydroxyl groups is 1. The second kappa shape index (κ2) is 4.96. The average molecular weight is 258 g/mol. The number of likely N-dealkylation sites (tertiary alicyclic amines) is 1. The summed E-state index contributed by atoms with van der Waals surface area (Å²) in [5.74, 6) is 0. The molecule has 0 bridgehead atoms. The number of benzene rings is 1. The third-order valence-corrected chi connectivity index (χ3v) is 4.09. The van der Waals surface area contributed by atoms with Crippen molar-refractivity contribution in [3.05, 3.63) is 35.4 Å². The highest BCUT2D eigenvalue weighted by molar-refractivity contribution is 5.34. The van der Waals surface area contributed by atoms with Crippen LogP contribution in [0.2, 0.25) is 0 Å². The third kappa shape index (κ3) is 2.97. The van der Waals surface area contributed by atoms with Gasteiger partial charge in [-0.15, -0.1) is 0 Å². The van der Waals surface area contributed by atoms with Crippen LogP contribution in [0.15, 0.2) is 24.3 Å². The lowest BCUT2D eigenvalue weighted by Gasteiger charge is -2.44. The van der Waals surface area contributed by atoms with Crippen LogP contribution < -0.4 is 0 Å². The molecular weight excluding hydrogens is 236 g/mol. The van der Waals surface area contributed by atoms with Crippen LogP contribution in [0.5, 0.6) is 0 Å². The second-order valence-corrected chi connectivity index (χ2v) is 6.38. The molecule has 2 rings (SSSR count). The van der Waals surface area contributed by atoms with Gasteiger partial charge in [0, 0.05) is 18.6 Å². The smallest absolute Gasteiger partial charge is 0.0991 e. The number of hydrogen-bond donors (Lipinski definition) is 1. The summed E-state index contributed by atoms with van der Waals surface area (Å²) in [5.41, 5.74) is 0.987. The third-order valence-electron chi connectivity index (χ3n) is 4.09. The first-order chi connectivity index (χ1) is 8.85. The molecule has 1 aromatic rings. The van der Waals surface area contributed by atoms with Crippen LogP contribution in [0.3, 0.4) is 0 Å². The number of rotatable bonds is 1. The van der Waals surface area contributed by atoms with Crippen LogP contribution in [0.1, 0.15) is 44.7 Å². The molecule has 0 unspecified atom stereocenters. The van der Waals surface area contributed by atoms with Crippen LogP contribution in [0.25, 0.3) is 0 Å². The van der Waals surface area contributed by atoms with Gasteiger partial charge in [0.15, 0.2) is 0 Å². The maximum atomic E-state index is 10.8. The van der Waals surface area contributed by atoms with Gasteiger partial charge in [0.1, 0.15) is 0 Å². The number of nitriles is 1. The summed E-state index contributed by atoms with van der Waals surface area (Å²) >= 11 is 0. The molecule has 0 saturated carbocycles. The van der Waals surface area contributed by atoms with E-state index in [4.69, 9.17) is 5.26 Å². The molecule has 1 saturated heterocycles. The minimum atomic E-state index is -0.740. The van der Waals surface area contributed by atoms with Gasteiger partial charge < -0.3 is 5.11 Å². The van der Waals surface area contributed by atoms with E-state index >= 15 is 0 Å². The number of hydrogen-bond acceptors (Lipinski definition) is 3. The molecule has 0 aromatic heterocycles. The Labute approximate surface area is 115 Å². The minimum absolute atomic E-state index is 0.159. The zero-order chi connectivity index (χ0) is 14.1. The number of piperidine rings is 1. The Balaban J connectivity index is 2.11. The Kier molecular flexibility index (Phi) is 3.66. The minimum Gasteiger partial charge on any atom is -0.385 e. The predicted molar refractivity (Wildman–Crippen MR) is 75.6 cm³/mol. The Bertz CT molecular complexity index is 471. The monoisotopic (exact) mass is 258 g/mol. The maximum absolute atomic E-state index is 10.8. The van der Waals surface area contributed by atoms with Crippen molar-refractivity contribution in [2.45, 2.75) is 44.8 Å². The molecule has 1 aliphatic rings. The highest BCUT2D eigenvalue weighted by Gasteiger charge is 2.36. The second-order valence-electron chi connectivity index (χ2n) is 6.38. The summed E-state index contributed by atoms with van der Waals surface area (Å²) < 4.78 is 0. The molecule has 1 aliphatic heterocycles. The van der Waals surface area contributed by atoms with Gasteiger partial charge in [-0.2, -0.15) is 5.26 Å². The van der Waals surface area contributed by atoms with Crippen molar-refractivity contribution in [2.75, 3.05) is 13.1 Å². The van der Waals surface area contributed by atoms with E-state index in [1.807, 2.05) is 12.1 Å². The molecule has 1 aromatic carbocycles. The van der Waals surface area contributed by atoms with E-state index in [1.165, 1.54) is 0 Å². The van der Waals surface area contributed by atoms with Crippen molar-refractivity contribution >= 4 is 0 Å². The zero-order valence-electron chi connectivity index (χ0n) is 12.0. The highest BCUT2D eigenvalue weighted by atomic mass is 16.3. The standard InChI is InChI=1S/C16H22N2O/c1-15(2,3)18-10-8-16(19,9-11-18)14-6-4-13(12-17)5-7-14/h4-7,19H,8-11H2,1-3H3. The van der Waals surface area contributed by atoms with Crippen LogP contribution in [-0.4, -0.2) is 28.6 Å². The lowest BCUT2D eigenvalue weighted by molar-refractivity contribution is -0.0461. The fraction of sp³-hybridized carbons (Fsp3) is 0.562. The summed E-state index contributed by atoms with van der Waals surface area (Å²) in [7, 11) is 0. The van der Waals surface area contributed by atoms with Gasteiger partial charge in [0.2, 0.25) is 0 Å². The first-order valence-electron chi connectivity index (χ1n) is 6.83. The van der Waals surface area contributed by atoms with E-state index in [0.29, 0.717) is 5.56 Å². The Morgan fingerprint density at radius 3 is 2.11 bits per heavy atom. The van der Waals surface area contributed by atoms with Crippen LogP contribution in [0, 0.1) is 11.3 Å². The van der Waals surface area contributed by atoms with E-state index in [0.717, 1.165) is 31.5 Å². The highest BCUT2D eigenvalue weighted by Crippen LogP contribution is 2.34. The van der Waals surface area contributed by atoms with Crippen molar-refractivity contribution < 1.29 is 5.11 Å². The average Bonchev–Trinajstić information content (AvgIpc) is 2.38. The molecule has 0 radical (unpaired) electrons. The lowest BCUT2D eigenvalue weighted by atomic mass is 9.83. The summed E-state index contributed by atoms with van der Waals surface area (Å²) in [6.07, 6.45) is 1.49. The normalized spacial score (nSPS) is 19.9. The molecule has 1 fully saturated rings. The fourth-order valence-electron chi connectivity index (χ4n) is 2.69. The van der Waals surface area contributed by atoms with Crippen molar-refractivity contribution in [3.8, 4) is 6.07 Å². The molecule has 0 atom stereocenters. The first-order valence-corrected chi connectivity index (χ1v) is 6.83. The molecule has 1 N–H and O–H groups in total. The molecule has 3 nitrogen and oxygen atoms in total. The van der Waals surface area contributed by atoms with Crippen LogP contribution in [0.4, 0.5) is 0 Å². The predicted octanol–water partition coefficient (Wildman–Crippen LogP) is 2.64. The zero-order valence-corrected chi connectivity index (χ0v) is 12.0. The Morgan fingerprint density at radius 1 is 1.16 bits per heavy atom. The molecule has 0 spiro atoms. The molecular formula is C16H22N2O. The van der Waals surface area contributed by atoms with Gasteiger partial charge in [-0.3, -0.25) is 4.90 Å². The van der Waals surface area contributed by atoms with E-state index in [-0.39, 0.29) is 5.54 Å². The van der Waals surface area contributed by atoms with Crippen LogP contribution in [-0.2, 0) is 5.60 Å². The Morgan fingerprint density at radius 2 is 1.68 bits per heavy atom. The summed E-state index contributed by atoms with van der Waals surface area (Å²) in [6, 6.07) is 9.43.